The SMILES string of the molecule is Cc1nnc(N2C[C@H]3CN(C(=O)CCCn4cncn4)C[C@@]3(CN(C)C)C2)s1. The van der Waals surface area contributed by atoms with Gasteiger partial charge in [-0.1, -0.05) is 11.3 Å². The highest BCUT2D eigenvalue weighted by Gasteiger charge is 2.54. The Kier molecular flexibility index (Phi) is 5.33. The number of hydrogen-bond acceptors (Lipinski definition) is 8. The van der Waals surface area contributed by atoms with E-state index in [0.717, 1.165) is 55.8 Å². The summed E-state index contributed by atoms with van der Waals surface area (Å²) in [5.74, 6) is 0.726. The molecule has 4 heterocycles. The molecule has 0 unspecified atom stereocenters. The van der Waals surface area contributed by atoms with Crippen LogP contribution in [0.3, 0.4) is 0 Å². The lowest BCUT2D eigenvalue weighted by atomic mass is 9.80. The van der Waals surface area contributed by atoms with Crippen molar-refractivity contribution in [3.63, 3.8) is 0 Å². The molecule has 1 amide bonds. The van der Waals surface area contributed by atoms with Crippen LogP contribution in [0.2, 0.25) is 0 Å². The number of aryl methyl sites for hydroxylation is 2. The fourth-order valence-corrected chi connectivity index (χ4v) is 5.38. The predicted molar refractivity (Wildman–Crippen MR) is 107 cm³/mol. The van der Waals surface area contributed by atoms with Crippen molar-refractivity contribution in [1.29, 1.82) is 0 Å². The van der Waals surface area contributed by atoms with E-state index in [1.807, 2.05) is 6.92 Å². The molecule has 0 aromatic carbocycles. The maximum absolute atomic E-state index is 12.8. The highest BCUT2D eigenvalue weighted by molar-refractivity contribution is 7.15. The standard InChI is InChI=1S/C18H28N8OS/c1-14-21-22-17(28-14)25-8-15-7-24(10-18(15,11-25)9-23(2)3)16(27)5-4-6-26-13-19-12-20-26/h12-13,15H,4-11H2,1-3H3/t15-,18+/m1/s1. The monoisotopic (exact) mass is 404 g/mol. The molecule has 0 N–H and O–H groups in total. The number of amides is 1. The lowest BCUT2D eigenvalue weighted by Crippen LogP contribution is -2.43. The maximum Gasteiger partial charge on any atom is 0.222 e. The smallest absolute Gasteiger partial charge is 0.222 e. The Bertz CT molecular complexity index is 806. The summed E-state index contributed by atoms with van der Waals surface area (Å²) >= 11 is 1.65. The van der Waals surface area contributed by atoms with Crippen molar-refractivity contribution in [3.05, 3.63) is 17.7 Å². The zero-order valence-corrected chi connectivity index (χ0v) is 17.6. The Morgan fingerprint density at radius 3 is 2.86 bits per heavy atom. The molecule has 2 aromatic heterocycles. The summed E-state index contributed by atoms with van der Waals surface area (Å²) in [7, 11) is 4.23. The zero-order chi connectivity index (χ0) is 19.7. The van der Waals surface area contributed by atoms with Gasteiger partial charge in [0, 0.05) is 57.0 Å². The number of hydrogen-bond donors (Lipinski definition) is 0. The molecule has 0 radical (unpaired) electrons. The van der Waals surface area contributed by atoms with Gasteiger partial charge < -0.3 is 14.7 Å². The van der Waals surface area contributed by atoms with E-state index in [1.54, 1.807) is 22.3 Å². The molecule has 2 atom stereocenters. The van der Waals surface area contributed by atoms with Gasteiger partial charge in [0.1, 0.15) is 17.7 Å². The zero-order valence-electron chi connectivity index (χ0n) is 16.8. The second-order valence-electron chi connectivity index (χ2n) is 8.32. The predicted octanol–water partition coefficient (Wildman–Crippen LogP) is 0.745. The van der Waals surface area contributed by atoms with E-state index in [9.17, 15) is 4.79 Å². The summed E-state index contributed by atoms with van der Waals surface area (Å²) in [6.45, 7) is 7.26. The third-order valence-electron chi connectivity index (χ3n) is 5.77. The van der Waals surface area contributed by atoms with Crippen LogP contribution in [0.25, 0.3) is 0 Å². The molecule has 9 nitrogen and oxygen atoms in total. The van der Waals surface area contributed by atoms with Crippen molar-refractivity contribution in [1.82, 2.24) is 34.8 Å². The molecule has 0 aliphatic carbocycles. The minimum absolute atomic E-state index is 0.102. The fourth-order valence-electron chi connectivity index (χ4n) is 4.68. The molecule has 2 saturated heterocycles. The third-order valence-corrected chi connectivity index (χ3v) is 6.67. The summed E-state index contributed by atoms with van der Waals surface area (Å²) in [5, 5.41) is 14.6. The van der Waals surface area contributed by atoms with E-state index in [4.69, 9.17) is 0 Å². The van der Waals surface area contributed by atoms with Crippen molar-refractivity contribution in [2.75, 3.05) is 51.7 Å². The number of carbonyl (C=O) groups is 1. The molecule has 2 aliphatic heterocycles. The lowest BCUT2D eigenvalue weighted by molar-refractivity contribution is -0.130. The van der Waals surface area contributed by atoms with Crippen LogP contribution in [-0.4, -0.2) is 87.5 Å². The minimum Gasteiger partial charge on any atom is -0.346 e. The third kappa shape index (κ3) is 3.88. The Morgan fingerprint density at radius 2 is 2.18 bits per heavy atom. The van der Waals surface area contributed by atoms with Crippen molar-refractivity contribution in [2.45, 2.75) is 26.3 Å². The number of aromatic nitrogens is 5. The molecule has 2 aromatic rings. The van der Waals surface area contributed by atoms with Gasteiger partial charge in [-0.25, -0.2) is 4.98 Å². The van der Waals surface area contributed by atoms with Gasteiger partial charge in [-0.3, -0.25) is 9.48 Å². The van der Waals surface area contributed by atoms with E-state index >= 15 is 0 Å². The Morgan fingerprint density at radius 1 is 1.32 bits per heavy atom. The van der Waals surface area contributed by atoms with Crippen LogP contribution in [0.1, 0.15) is 17.8 Å². The van der Waals surface area contributed by atoms with E-state index in [1.165, 1.54) is 6.33 Å². The van der Waals surface area contributed by atoms with Gasteiger partial charge in [0.15, 0.2) is 0 Å². The summed E-state index contributed by atoms with van der Waals surface area (Å²) in [6, 6.07) is 0. The molecular weight excluding hydrogens is 376 g/mol. The quantitative estimate of drug-likeness (QED) is 0.673. The van der Waals surface area contributed by atoms with Crippen LogP contribution in [0.5, 0.6) is 0 Å². The molecule has 0 bridgehead atoms. The van der Waals surface area contributed by atoms with E-state index in [0.29, 0.717) is 12.3 Å². The lowest BCUT2D eigenvalue weighted by Gasteiger charge is -2.32. The van der Waals surface area contributed by atoms with Crippen LogP contribution >= 0.6 is 11.3 Å². The molecule has 0 spiro atoms. The normalized spacial score (nSPS) is 24.4. The fraction of sp³-hybridized carbons (Fsp3) is 0.722. The van der Waals surface area contributed by atoms with E-state index in [-0.39, 0.29) is 11.3 Å². The Balaban J connectivity index is 1.39. The van der Waals surface area contributed by atoms with Gasteiger partial charge in [0.2, 0.25) is 11.0 Å². The number of fused-ring (bicyclic) bond motifs is 1. The summed E-state index contributed by atoms with van der Waals surface area (Å²) in [4.78, 5) is 23.5. The molecule has 152 valence electrons. The molecular formula is C18H28N8OS. The van der Waals surface area contributed by atoms with Gasteiger partial charge >= 0.3 is 0 Å². The average Bonchev–Trinajstić information content (AvgIpc) is 3.37. The number of carbonyl (C=O) groups excluding carboxylic acids is 1. The summed E-state index contributed by atoms with van der Waals surface area (Å²) in [5.41, 5.74) is 0.102. The first-order valence-corrected chi connectivity index (χ1v) is 10.6. The first kappa shape index (κ1) is 19.3. The molecule has 2 fully saturated rings. The van der Waals surface area contributed by atoms with Crippen LogP contribution < -0.4 is 4.90 Å². The van der Waals surface area contributed by atoms with Gasteiger partial charge in [-0.15, -0.1) is 10.2 Å². The molecule has 10 heteroatoms. The first-order chi connectivity index (χ1) is 13.4. The van der Waals surface area contributed by atoms with Crippen LogP contribution in [0, 0.1) is 18.3 Å². The van der Waals surface area contributed by atoms with Crippen LogP contribution in [-0.2, 0) is 11.3 Å². The topological polar surface area (TPSA) is 83.3 Å². The molecule has 28 heavy (non-hydrogen) atoms. The highest BCUT2D eigenvalue weighted by atomic mass is 32.1. The number of nitrogens with zero attached hydrogens (tertiary/aromatic N) is 8. The second-order valence-corrected chi connectivity index (χ2v) is 9.48. The molecule has 2 aliphatic rings. The maximum atomic E-state index is 12.8. The Hall–Kier alpha value is -2.07. The van der Waals surface area contributed by atoms with Crippen LogP contribution in [0.4, 0.5) is 5.13 Å². The van der Waals surface area contributed by atoms with Gasteiger partial charge in [0.05, 0.1) is 0 Å². The molecule has 0 saturated carbocycles. The van der Waals surface area contributed by atoms with Crippen molar-refractivity contribution in [2.24, 2.45) is 11.3 Å². The highest BCUT2D eigenvalue weighted by Crippen LogP contribution is 2.45. The van der Waals surface area contributed by atoms with E-state index < -0.39 is 0 Å². The van der Waals surface area contributed by atoms with Gasteiger partial charge in [-0.2, -0.15) is 5.10 Å². The van der Waals surface area contributed by atoms with Gasteiger partial charge in [-0.05, 0) is 27.4 Å². The summed E-state index contributed by atoms with van der Waals surface area (Å²) < 4.78 is 1.78. The minimum atomic E-state index is 0.102. The van der Waals surface area contributed by atoms with Crippen molar-refractivity contribution in [3.8, 4) is 0 Å². The Labute approximate surface area is 169 Å². The largest absolute Gasteiger partial charge is 0.346 e. The number of anilines is 1. The first-order valence-electron chi connectivity index (χ1n) is 9.75. The van der Waals surface area contributed by atoms with Crippen LogP contribution in [0.15, 0.2) is 12.7 Å². The number of likely N-dealkylation sites (tertiary alicyclic amines) is 1. The van der Waals surface area contributed by atoms with Crippen molar-refractivity contribution < 1.29 is 4.79 Å². The summed E-state index contributed by atoms with van der Waals surface area (Å²) in [6.07, 6.45) is 4.57. The second kappa shape index (κ2) is 7.75. The molecule has 4 rings (SSSR count). The van der Waals surface area contributed by atoms with Crippen molar-refractivity contribution >= 4 is 22.4 Å². The number of rotatable bonds is 7. The van der Waals surface area contributed by atoms with E-state index in [2.05, 4.69) is 49.1 Å². The van der Waals surface area contributed by atoms with Gasteiger partial charge in [0.25, 0.3) is 0 Å². The average molecular weight is 405 g/mol.